The van der Waals surface area contributed by atoms with Crippen LogP contribution in [0.4, 0.5) is 0 Å². The third-order valence-corrected chi connectivity index (χ3v) is 3.40. The van der Waals surface area contributed by atoms with Crippen molar-refractivity contribution in [3.05, 3.63) is 11.4 Å². The number of rotatable bonds is 3. The first-order valence-corrected chi connectivity index (χ1v) is 6.29. The van der Waals surface area contributed by atoms with Gasteiger partial charge in [-0.15, -0.1) is 5.10 Å². The summed E-state index contributed by atoms with van der Waals surface area (Å²) in [5.41, 5.74) is 0.884. The van der Waals surface area contributed by atoms with E-state index in [0.29, 0.717) is 6.04 Å². The Morgan fingerprint density at radius 1 is 1.35 bits per heavy atom. The van der Waals surface area contributed by atoms with Gasteiger partial charge in [0.15, 0.2) is 5.69 Å². The molecule has 5 nitrogen and oxygen atoms in total. The number of hydrogen-bond acceptors (Lipinski definition) is 3. The second-order valence-electron chi connectivity index (χ2n) is 5.02. The Balaban J connectivity index is 2.35. The molecule has 1 saturated carbocycles. The molecular weight excluding hydrogens is 218 g/mol. The molecule has 0 amide bonds. The van der Waals surface area contributed by atoms with Crippen LogP contribution in [0.1, 0.15) is 74.1 Å². The highest BCUT2D eigenvalue weighted by Gasteiger charge is 2.26. The van der Waals surface area contributed by atoms with Crippen molar-refractivity contribution in [2.45, 2.75) is 57.9 Å². The smallest absolute Gasteiger partial charge is 0.358 e. The van der Waals surface area contributed by atoms with E-state index in [0.717, 1.165) is 18.5 Å². The summed E-state index contributed by atoms with van der Waals surface area (Å²) in [6.45, 7) is 3.98. The number of nitrogens with zero attached hydrogens (tertiary/aromatic N) is 3. The lowest BCUT2D eigenvalue weighted by Gasteiger charge is -2.24. The second kappa shape index (κ2) is 4.85. The summed E-state index contributed by atoms with van der Waals surface area (Å²) in [7, 11) is 0. The molecule has 1 N–H and O–H groups in total. The van der Waals surface area contributed by atoms with Crippen molar-refractivity contribution in [1.82, 2.24) is 15.0 Å². The summed E-state index contributed by atoms with van der Waals surface area (Å²) in [6, 6.07) is 0.335. The number of carboxylic acid groups (broad SMARTS) is 1. The third kappa shape index (κ3) is 2.33. The topological polar surface area (TPSA) is 68.0 Å². The van der Waals surface area contributed by atoms with Crippen LogP contribution < -0.4 is 0 Å². The van der Waals surface area contributed by atoms with Gasteiger partial charge in [-0.1, -0.05) is 38.3 Å². The molecule has 0 unspecified atom stereocenters. The highest BCUT2D eigenvalue weighted by atomic mass is 16.4. The van der Waals surface area contributed by atoms with E-state index < -0.39 is 5.97 Å². The third-order valence-electron chi connectivity index (χ3n) is 3.40. The standard InChI is InChI=1S/C12H19N3O2/c1-8(2)11-10(12(16)17)13-14-15(11)9-6-4-3-5-7-9/h8-9H,3-7H2,1-2H3,(H,16,17). The Labute approximate surface area is 101 Å². The zero-order valence-corrected chi connectivity index (χ0v) is 10.4. The van der Waals surface area contributed by atoms with Crippen LogP contribution in [0.15, 0.2) is 0 Å². The molecule has 1 aliphatic carbocycles. The predicted molar refractivity (Wildman–Crippen MR) is 63.2 cm³/mol. The number of aromatic carboxylic acids is 1. The van der Waals surface area contributed by atoms with Crippen molar-refractivity contribution < 1.29 is 9.90 Å². The number of carbonyl (C=O) groups is 1. The molecule has 1 heterocycles. The van der Waals surface area contributed by atoms with Crippen LogP contribution in [-0.4, -0.2) is 26.1 Å². The number of carboxylic acids is 1. The maximum Gasteiger partial charge on any atom is 0.358 e. The summed E-state index contributed by atoms with van der Waals surface area (Å²) in [6.07, 6.45) is 5.84. The van der Waals surface area contributed by atoms with Gasteiger partial charge in [0.1, 0.15) is 0 Å². The Morgan fingerprint density at radius 3 is 2.53 bits per heavy atom. The lowest BCUT2D eigenvalue weighted by Crippen LogP contribution is -2.18. The highest BCUT2D eigenvalue weighted by Crippen LogP contribution is 2.31. The molecule has 0 radical (unpaired) electrons. The van der Waals surface area contributed by atoms with Crippen LogP contribution >= 0.6 is 0 Å². The van der Waals surface area contributed by atoms with E-state index in [9.17, 15) is 4.79 Å². The van der Waals surface area contributed by atoms with Crippen molar-refractivity contribution in [1.29, 1.82) is 0 Å². The zero-order chi connectivity index (χ0) is 12.4. The zero-order valence-electron chi connectivity index (χ0n) is 10.4. The van der Waals surface area contributed by atoms with Crippen molar-refractivity contribution >= 4 is 5.97 Å². The Bertz CT molecular complexity index is 406. The van der Waals surface area contributed by atoms with E-state index in [2.05, 4.69) is 10.3 Å². The van der Waals surface area contributed by atoms with Gasteiger partial charge < -0.3 is 5.11 Å². The maximum absolute atomic E-state index is 11.1. The van der Waals surface area contributed by atoms with Gasteiger partial charge in [-0.3, -0.25) is 0 Å². The Hall–Kier alpha value is -1.39. The van der Waals surface area contributed by atoms with Crippen molar-refractivity contribution in [3.63, 3.8) is 0 Å². The van der Waals surface area contributed by atoms with Crippen molar-refractivity contribution in [2.24, 2.45) is 0 Å². The van der Waals surface area contributed by atoms with E-state index in [1.165, 1.54) is 19.3 Å². The molecular formula is C12H19N3O2. The van der Waals surface area contributed by atoms with Gasteiger partial charge in [0.25, 0.3) is 0 Å². The van der Waals surface area contributed by atoms with Crippen LogP contribution in [0, 0.1) is 0 Å². The largest absolute Gasteiger partial charge is 0.476 e. The first kappa shape index (κ1) is 12.1. The minimum absolute atomic E-state index is 0.116. The first-order valence-electron chi connectivity index (χ1n) is 6.29. The summed E-state index contributed by atoms with van der Waals surface area (Å²) in [5.74, 6) is -0.839. The molecule has 1 aromatic rings. The van der Waals surface area contributed by atoms with Gasteiger partial charge in [-0.2, -0.15) is 0 Å². The quantitative estimate of drug-likeness (QED) is 0.877. The van der Waals surface area contributed by atoms with Gasteiger partial charge in [-0.25, -0.2) is 9.48 Å². The minimum Gasteiger partial charge on any atom is -0.476 e. The molecule has 0 atom stereocenters. The monoisotopic (exact) mass is 237 g/mol. The van der Waals surface area contributed by atoms with E-state index in [-0.39, 0.29) is 11.6 Å². The molecule has 0 bridgehead atoms. The van der Waals surface area contributed by atoms with Gasteiger partial charge in [0.05, 0.1) is 11.7 Å². The molecule has 0 aliphatic heterocycles. The fourth-order valence-corrected chi connectivity index (χ4v) is 2.59. The fraction of sp³-hybridized carbons (Fsp3) is 0.750. The molecule has 1 fully saturated rings. The van der Waals surface area contributed by atoms with Gasteiger partial charge >= 0.3 is 5.97 Å². The maximum atomic E-state index is 11.1. The van der Waals surface area contributed by atoms with Crippen LogP contribution in [0.5, 0.6) is 0 Å². The number of hydrogen-bond donors (Lipinski definition) is 1. The van der Waals surface area contributed by atoms with Crippen molar-refractivity contribution in [3.8, 4) is 0 Å². The SMILES string of the molecule is CC(C)c1c(C(=O)O)nnn1C1CCCCC1. The summed E-state index contributed by atoms with van der Waals surface area (Å²) in [4.78, 5) is 11.1. The summed E-state index contributed by atoms with van der Waals surface area (Å²) < 4.78 is 1.85. The first-order chi connectivity index (χ1) is 8.11. The van der Waals surface area contributed by atoms with Crippen LogP contribution in [0.3, 0.4) is 0 Å². The van der Waals surface area contributed by atoms with E-state index in [1.807, 2.05) is 18.5 Å². The molecule has 1 aromatic heterocycles. The molecule has 5 heteroatoms. The molecule has 0 aromatic carbocycles. The average Bonchev–Trinajstić information content (AvgIpc) is 2.74. The number of aromatic nitrogens is 3. The van der Waals surface area contributed by atoms with Gasteiger partial charge in [0, 0.05) is 0 Å². The van der Waals surface area contributed by atoms with Gasteiger partial charge in [0.2, 0.25) is 0 Å². The Morgan fingerprint density at radius 2 is 2.00 bits per heavy atom. The van der Waals surface area contributed by atoms with Crippen molar-refractivity contribution in [2.75, 3.05) is 0 Å². The lowest BCUT2D eigenvalue weighted by atomic mass is 9.94. The van der Waals surface area contributed by atoms with Crippen LogP contribution in [0.25, 0.3) is 0 Å². The molecule has 0 spiro atoms. The van der Waals surface area contributed by atoms with E-state index in [4.69, 9.17) is 5.11 Å². The van der Waals surface area contributed by atoms with Crippen LogP contribution in [0.2, 0.25) is 0 Å². The molecule has 17 heavy (non-hydrogen) atoms. The average molecular weight is 237 g/mol. The highest BCUT2D eigenvalue weighted by molar-refractivity contribution is 5.86. The van der Waals surface area contributed by atoms with E-state index in [1.54, 1.807) is 0 Å². The molecule has 94 valence electrons. The minimum atomic E-state index is -0.976. The molecule has 2 rings (SSSR count). The normalized spacial score (nSPS) is 17.6. The Kier molecular flexibility index (Phi) is 3.45. The summed E-state index contributed by atoms with van der Waals surface area (Å²) >= 11 is 0. The van der Waals surface area contributed by atoms with E-state index >= 15 is 0 Å². The van der Waals surface area contributed by atoms with Crippen LogP contribution in [-0.2, 0) is 0 Å². The molecule has 1 aliphatic rings. The summed E-state index contributed by atoms with van der Waals surface area (Å²) in [5, 5.41) is 17.0. The predicted octanol–water partition coefficient (Wildman–Crippen LogP) is 2.60. The van der Waals surface area contributed by atoms with Gasteiger partial charge in [-0.05, 0) is 18.8 Å². The molecule has 0 saturated heterocycles. The fourth-order valence-electron chi connectivity index (χ4n) is 2.59. The lowest BCUT2D eigenvalue weighted by molar-refractivity contribution is 0.0688. The second-order valence-corrected chi connectivity index (χ2v) is 5.02.